The Labute approximate surface area is 139 Å². The van der Waals surface area contributed by atoms with Crippen LogP contribution < -0.4 is 19.5 Å². The average Bonchev–Trinajstić information content (AvgIpc) is 3.08. The molecular weight excluding hydrogens is 312 g/mol. The van der Waals surface area contributed by atoms with Crippen LogP contribution in [0.1, 0.15) is 15.9 Å². The molecule has 0 bridgehead atoms. The van der Waals surface area contributed by atoms with Crippen molar-refractivity contribution in [1.29, 1.82) is 0 Å². The summed E-state index contributed by atoms with van der Waals surface area (Å²) in [7, 11) is 1.59. The number of aromatic nitrogens is 1. The number of methoxy groups -OCH3 is 1. The number of fused-ring (bicyclic) bond motifs is 1. The van der Waals surface area contributed by atoms with Gasteiger partial charge in [-0.15, -0.1) is 0 Å². The van der Waals surface area contributed by atoms with E-state index in [0.717, 1.165) is 11.3 Å². The van der Waals surface area contributed by atoms with Crippen molar-refractivity contribution in [1.82, 2.24) is 10.3 Å². The summed E-state index contributed by atoms with van der Waals surface area (Å²) in [5.74, 6) is 1.60. The SMILES string of the molecule is COCCOc1cc(C(=O)NCc2ccc3c(c2)OCO3)ccn1. The van der Waals surface area contributed by atoms with Crippen molar-refractivity contribution in [3.8, 4) is 17.4 Å². The first kappa shape index (κ1) is 16.1. The zero-order valence-corrected chi connectivity index (χ0v) is 13.3. The number of amides is 1. The van der Waals surface area contributed by atoms with Gasteiger partial charge in [0.25, 0.3) is 5.91 Å². The quantitative estimate of drug-likeness (QED) is 0.780. The highest BCUT2D eigenvalue weighted by Crippen LogP contribution is 2.32. The van der Waals surface area contributed by atoms with E-state index in [9.17, 15) is 4.79 Å². The molecule has 0 fully saturated rings. The molecule has 1 aliphatic heterocycles. The smallest absolute Gasteiger partial charge is 0.251 e. The Hall–Kier alpha value is -2.80. The minimum atomic E-state index is -0.202. The van der Waals surface area contributed by atoms with Gasteiger partial charge in [0, 0.05) is 31.5 Å². The number of carbonyl (C=O) groups is 1. The van der Waals surface area contributed by atoms with Gasteiger partial charge in [0.05, 0.1) is 6.61 Å². The molecule has 126 valence electrons. The summed E-state index contributed by atoms with van der Waals surface area (Å²) < 4.78 is 20.9. The second-order valence-corrected chi connectivity index (χ2v) is 5.09. The summed E-state index contributed by atoms with van der Waals surface area (Å²) in [6.07, 6.45) is 1.54. The Bertz CT molecular complexity index is 720. The number of benzene rings is 1. The normalized spacial score (nSPS) is 12.0. The molecule has 0 saturated carbocycles. The van der Waals surface area contributed by atoms with E-state index < -0.39 is 0 Å². The maximum atomic E-state index is 12.3. The number of carbonyl (C=O) groups excluding carboxylic acids is 1. The number of nitrogens with one attached hydrogen (secondary N) is 1. The van der Waals surface area contributed by atoms with Crippen LogP contribution in [0.4, 0.5) is 0 Å². The molecule has 3 rings (SSSR count). The van der Waals surface area contributed by atoms with Crippen LogP contribution in [0.25, 0.3) is 0 Å². The average molecular weight is 330 g/mol. The molecule has 1 N–H and O–H groups in total. The van der Waals surface area contributed by atoms with Gasteiger partial charge in [-0.25, -0.2) is 4.98 Å². The van der Waals surface area contributed by atoms with E-state index in [0.29, 0.717) is 37.0 Å². The Kier molecular flexibility index (Phi) is 5.12. The molecular formula is C17H18N2O5. The fourth-order valence-corrected chi connectivity index (χ4v) is 2.19. The van der Waals surface area contributed by atoms with Crippen molar-refractivity contribution in [2.24, 2.45) is 0 Å². The maximum absolute atomic E-state index is 12.3. The number of pyridine rings is 1. The van der Waals surface area contributed by atoms with E-state index in [1.54, 1.807) is 19.2 Å². The molecule has 24 heavy (non-hydrogen) atoms. The summed E-state index contributed by atoms with van der Waals surface area (Å²) in [5, 5.41) is 2.86. The number of hydrogen-bond acceptors (Lipinski definition) is 6. The lowest BCUT2D eigenvalue weighted by Gasteiger charge is -2.08. The van der Waals surface area contributed by atoms with E-state index in [4.69, 9.17) is 18.9 Å². The van der Waals surface area contributed by atoms with E-state index in [2.05, 4.69) is 10.3 Å². The summed E-state index contributed by atoms with van der Waals surface area (Å²) in [4.78, 5) is 16.3. The predicted molar refractivity (Wildman–Crippen MR) is 85.3 cm³/mol. The summed E-state index contributed by atoms with van der Waals surface area (Å²) >= 11 is 0. The van der Waals surface area contributed by atoms with Crippen LogP contribution in [0.5, 0.6) is 17.4 Å². The molecule has 0 aliphatic carbocycles. The number of rotatable bonds is 7. The lowest BCUT2D eigenvalue weighted by Crippen LogP contribution is -2.22. The van der Waals surface area contributed by atoms with Gasteiger partial charge in [-0.1, -0.05) is 6.07 Å². The van der Waals surface area contributed by atoms with Gasteiger partial charge in [-0.05, 0) is 23.8 Å². The highest BCUT2D eigenvalue weighted by molar-refractivity contribution is 5.94. The zero-order valence-electron chi connectivity index (χ0n) is 13.3. The van der Waals surface area contributed by atoms with Crippen LogP contribution in [-0.2, 0) is 11.3 Å². The summed E-state index contributed by atoms with van der Waals surface area (Å²) in [6, 6.07) is 8.81. The van der Waals surface area contributed by atoms with Crippen LogP contribution in [0.15, 0.2) is 36.5 Å². The Morgan fingerprint density at radius 2 is 2.08 bits per heavy atom. The topological polar surface area (TPSA) is 78.9 Å². The molecule has 1 aromatic carbocycles. The van der Waals surface area contributed by atoms with E-state index in [1.165, 1.54) is 6.20 Å². The Balaban J connectivity index is 1.57. The van der Waals surface area contributed by atoms with Gasteiger partial charge >= 0.3 is 0 Å². The molecule has 0 saturated heterocycles. The standard InChI is InChI=1S/C17H18N2O5/c1-21-6-7-22-16-9-13(4-5-18-16)17(20)19-10-12-2-3-14-15(8-12)24-11-23-14/h2-5,8-9H,6-7,10-11H2,1H3,(H,19,20). The molecule has 0 unspecified atom stereocenters. The first-order valence-electron chi connectivity index (χ1n) is 7.51. The van der Waals surface area contributed by atoms with Gasteiger partial charge in [0.1, 0.15) is 6.61 Å². The molecule has 2 aromatic rings. The van der Waals surface area contributed by atoms with E-state index in [-0.39, 0.29) is 12.7 Å². The zero-order chi connectivity index (χ0) is 16.8. The highest BCUT2D eigenvalue weighted by Gasteiger charge is 2.14. The fourth-order valence-electron chi connectivity index (χ4n) is 2.19. The molecule has 1 aromatic heterocycles. The van der Waals surface area contributed by atoms with Crippen LogP contribution >= 0.6 is 0 Å². The second-order valence-electron chi connectivity index (χ2n) is 5.09. The van der Waals surface area contributed by atoms with Crippen LogP contribution in [0, 0.1) is 0 Å². The second kappa shape index (κ2) is 7.65. The lowest BCUT2D eigenvalue weighted by atomic mass is 10.2. The summed E-state index contributed by atoms with van der Waals surface area (Å²) in [5.41, 5.74) is 1.41. The maximum Gasteiger partial charge on any atom is 0.251 e. The van der Waals surface area contributed by atoms with E-state index in [1.807, 2.05) is 18.2 Å². The van der Waals surface area contributed by atoms with Gasteiger partial charge in [-0.3, -0.25) is 4.79 Å². The van der Waals surface area contributed by atoms with Gasteiger partial charge in [0.2, 0.25) is 12.7 Å². The van der Waals surface area contributed by atoms with Crippen LogP contribution in [-0.4, -0.2) is 38.0 Å². The molecule has 0 spiro atoms. The van der Waals surface area contributed by atoms with Crippen LogP contribution in [0.3, 0.4) is 0 Å². The van der Waals surface area contributed by atoms with Crippen LogP contribution in [0.2, 0.25) is 0 Å². The summed E-state index contributed by atoms with van der Waals surface area (Å²) in [6.45, 7) is 1.46. The molecule has 7 nitrogen and oxygen atoms in total. The lowest BCUT2D eigenvalue weighted by molar-refractivity contribution is 0.0949. The van der Waals surface area contributed by atoms with Crippen molar-refractivity contribution < 1.29 is 23.7 Å². The third-order valence-electron chi connectivity index (χ3n) is 3.42. The monoisotopic (exact) mass is 330 g/mol. The van der Waals surface area contributed by atoms with Gasteiger partial charge < -0.3 is 24.3 Å². The minimum absolute atomic E-state index is 0.202. The minimum Gasteiger partial charge on any atom is -0.475 e. The molecule has 0 radical (unpaired) electrons. The molecule has 1 amide bonds. The third kappa shape index (κ3) is 3.94. The molecule has 7 heteroatoms. The number of ether oxygens (including phenoxy) is 4. The van der Waals surface area contributed by atoms with Gasteiger partial charge in [-0.2, -0.15) is 0 Å². The largest absolute Gasteiger partial charge is 0.475 e. The first-order chi connectivity index (χ1) is 11.8. The first-order valence-corrected chi connectivity index (χ1v) is 7.51. The number of nitrogens with zero attached hydrogens (tertiary/aromatic N) is 1. The predicted octanol–water partition coefficient (Wildman–Crippen LogP) is 1.77. The van der Waals surface area contributed by atoms with E-state index >= 15 is 0 Å². The molecule has 0 atom stereocenters. The van der Waals surface area contributed by atoms with Crippen molar-refractivity contribution in [3.05, 3.63) is 47.7 Å². The Morgan fingerprint density at radius 1 is 1.21 bits per heavy atom. The third-order valence-corrected chi connectivity index (χ3v) is 3.42. The highest BCUT2D eigenvalue weighted by atomic mass is 16.7. The fraction of sp³-hybridized carbons (Fsp3) is 0.294. The molecule has 1 aliphatic rings. The van der Waals surface area contributed by atoms with Crippen molar-refractivity contribution in [3.63, 3.8) is 0 Å². The number of hydrogen-bond donors (Lipinski definition) is 1. The molecule has 2 heterocycles. The Morgan fingerprint density at radius 3 is 2.96 bits per heavy atom. The van der Waals surface area contributed by atoms with Crippen molar-refractivity contribution in [2.45, 2.75) is 6.54 Å². The van der Waals surface area contributed by atoms with Crippen molar-refractivity contribution >= 4 is 5.91 Å². The van der Waals surface area contributed by atoms with Gasteiger partial charge in [0.15, 0.2) is 11.5 Å². The van der Waals surface area contributed by atoms with Crippen molar-refractivity contribution in [2.75, 3.05) is 27.1 Å².